The van der Waals surface area contributed by atoms with Crippen LogP contribution in [0.25, 0.3) is 0 Å². The fraction of sp³-hybridized carbons (Fsp3) is 0.429. The maximum atomic E-state index is 12.6. The van der Waals surface area contributed by atoms with Crippen molar-refractivity contribution in [3.05, 3.63) is 66.0 Å². The van der Waals surface area contributed by atoms with Crippen LogP contribution in [-0.2, 0) is 11.3 Å². The Balaban J connectivity index is 0.00000261. The minimum absolute atomic E-state index is 0. The molecule has 2 unspecified atom stereocenters. The average molecular weight is 462 g/mol. The largest absolute Gasteiger partial charge is 0.353 e. The Hall–Kier alpha value is -1.37. The summed E-state index contributed by atoms with van der Waals surface area (Å²) >= 11 is 0. The first-order chi connectivity index (χ1) is 12.6. The van der Waals surface area contributed by atoms with Crippen molar-refractivity contribution in [1.82, 2.24) is 15.2 Å². The van der Waals surface area contributed by atoms with Crippen molar-refractivity contribution in [2.24, 2.45) is 11.7 Å². The SMILES string of the molecule is CC(C(=O)NC1CCN(Cc2ccccn2)CC1)C(N)c1ccccc1.Cl.Cl.Cl. The van der Waals surface area contributed by atoms with Gasteiger partial charge in [0, 0.05) is 37.9 Å². The summed E-state index contributed by atoms with van der Waals surface area (Å²) in [4.78, 5) is 19.4. The predicted octanol–water partition coefficient (Wildman–Crippen LogP) is 3.76. The predicted molar refractivity (Wildman–Crippen MR) is 125 cm³/mol. The van der Waals surface area contributed by atoms with E-state index >= 15 is 0 Å². The molecule has 1 saturated heterocycles. The van der Waals surface area contributed by atoms with Crippen LogP contribution in [-0.4, -0.2) is 34.9 Å². The van der Waals surface area contributed by atoms with Gasteiger partial charge in [0.2, 0.25) is 5.91 Å². The van der Waals surface area contributed by atoms with Crippen LogP contribution in [0.15, 0.2) is 54.7 Å². The van der Waals surface area contributed by atoms with Crippen molar-refractivity contribution in [3.63, 3.8) is 0 Å². The van der Waals surface area contributed by atoms with Crippen molar-refractivity contribution in [1.29, 1.82) is 0 Å². The number of pyridine rings is 1. The molecule has 0 bridgehead atoms. The van der Waals surface area contributed by atoms with Crippen molar-refractivity contribution in [2.75, 3.05) is 13.1 Å². The van der Waals surface area contributed by atoms with Crippen molar-refractivity contribution in [2.45, 2.75) is 38.4 Å². The van der Waals surface area contributed by atoms with Crippen molar-refractivity contribution < 1.29 is 4.79 Å². The van der Waals surface area contributed by atoms with Crippen molar-refractivity contribution >= 4 is 43.1 Å². The highest BCUT2D eigenvalue weighted by atomic mass is 35.5. The van der Waals surface area contributed by atoms with Crippen LogP contribution in [0.4, 0.5) is 0 Å². The van der Waals surface area contributed by atoms with Gasteiger partial charge in [-0.2, -0.15) is 0 Å². The number of nitrogens with two attached hydrogens (primary N) is 1. The fourth-order valence-electron chi connectivity index (χ4n) is 3.42. The molecule has 2 aromatic rings. The lowest BCUT2D eigenvalue weighted by atomic mass is 9.94. The van der Waals surface area contributed by atoms with Crippen LogP contribution in [0.5, 0.6) is 0 Å². The number of aromatic nitrogens is 1. The van der Waals surface area contributed by atoms with Crippen LogP contribution in [0.3, 0.4) is 0 Å². The summed E-state index contributed by atoms with van der Waals surface area (Å²) in [6.07, 6.45) is 3.76. The van der Waals surface area contributed by atoms with E-state index in [-0.39, 0.29) is 61.1 Å². The zero-order chi connectivity index (χ0) is 18.4. The lowest BCUT2D eigenvalue weighted by molar-refractivity contribution is -0.126. The quantitative estimate of drug-likeness (QED) is 0.687. The van der Waals surface area contributed by atoms with Crippen LogP contribution in [0, 0.1) is 5.92 Å². The summed E-state index contributed by atoms with van der Waals surface area (Å²) in [5.41, 5.74) is 8.37. The minimum Gasteiger partial charge on any atom is -0.353 e. The summed E-state index contributed by atoms with van der Waals surface area (Å²) in [5, 5.41) is 3.19. The Kier molecular flexibility index (Phi) is 13.1. The maximum absolute atomic E-state index is 12.6. The van der Waals surface area contributed by atoms with E-state index in [4.69, 9.17) is 5.73 Å². The third-order valence-electron chi connectivity index (χ3n) is 5.18. The molecule has 3 N–H and O–H groups in total. The van der Waals surface area contributed by atoms with Gasteiger partial charge in [-0.25, -0.2) is 0 Å². The molecule has 8 heteroatoms. The highest BCUT2D eigenvalue weighted by Gasteiger charge is 2.26. The number of likely N-dealkylation sites (tertiary alicyclic amines) is 1. The molecule has 29 heavy (non-hydrogen) atoms. The number of benzene rings is 1. The monoisotopic (exact) mass is 460 g/mol. The van der Waals surface area contributed by atoms with Crippen molar-refractivity contribution in [3.8, 4) is 0 Å². The number of carbonyl (C=O) groups excluding carboxylic acids is 1. The number of nitrogens with one attached hydrogen (secondary N) is 1. The molecule has 0 spiro atoms. The first kappa shape index (κ1) is 27.6. The maximum Gasteiger partial charge on any atom is 0.224 e. The van der Waals surface area contributed by atoms with Gasteiger partial charge >= 0.3 is 0 Å². The van der Waals surface area contributed by atoms with E-state index in [1.54, 1.807) is 0 Å². The molecule has 1 aromatic carbocycles. The molecule has 1 aromatic heterocycles. The summed E-state index contributed by atoms with van der Waals surface area (Å²) in [5.74, 6) is -0.200. The summed E-state index contributed by atoms with van der Waals surface area (Å²) in [6.45, 7) is 4.72. The normalized spacial score (nSPS) is 16.3. The molecular formula is C21H31Cl3N4O. The molecule has 2 heterocycles. The zero-order valence-corrected chi connectivity index (χ0v) is 19.0. The molecule has 0 saturated carbocycles. The van der Waals surface area contributed by atoms with E-state index in [0.29, 0.717) is 0 Å². The van der Waals surface area contributed by atoms with Gasteiger partial charge in [-0.3, -0.25) is 14.7 Å². The standard InChI is InChI=1S/C21H28N4O.3ClH/c1-16(20(22)17-7-3-2-4-8-17)21(26)24-18-10-13-25(14-11-18)15-19-9-5-6-12-23-19;;;/h2-9,12,16,18,20H,10-11,13-15,22H2,1H3,(H,24,26);3*1H. The summed E-state index contributed by atoms with van der Waals surface area (Å²) in [6, 6.07) is 15.8. The number of nitrogens with zero attached hydrogens (tertiary/aromatic N) is 2. The van der Waals surface area contributed by atoms with Crippen LogP contribution >= 0.6 is 37.2 Å². The Labute approximate surface area is 192 Å². The molecule has 1 aliphatic heterocycles. The average Bonchev–Trinajstić information content (AvgIpc) is 2.70. The van der Waals surface area contributed by atoms with Gasteiger partial charge < -0.3 is 11.1 Å². The van der Waals surface area contributed by atoms with Gasteiger partial charge in [-0.1, -0.05) is 43.3 Å². The fourth-order valence-corrected chi connectivity index (χ4v) is 3.42. The Bertz CT molecular complexity index is 698. The number of piperidine rings is 1. The third kappa shape index (κ3) is 8.11. The van der Waals surface area contributed by atoms with Gasteiger partial charge in [0.25, 0.3) is 0 Å². The zero-order valence-electron chi connectivity index (χ0n) is 16.6. The second-order valence-corrected chi connectivity index (χ2v) is 7.11. The minimum atomic E-state index is -0.277. The number of hydrogen-bond acceptors (Lipinski definition) is 4. The van der Waals surface area contributed by atoms with E-state index in [1.165, 1.54) is 0 Å². The molecule has 1 amide bonds. The number of amides is 1. The molecule has 3 rings (SSSR count). The first-order valence-corrected chi connectivity index (χ1v) is 9.36. The smallest absolute Gasteiger partial charge is 0.224 e. The van der Waals surface area contributed by atoms with Gasteiger partial charge in [0.05, 0.1) is 11.6 Å². The first-order valence-electron chi connectivity index (χ1n) is 9.36. The highest BCUT2D eigenvalue weighted by Crippen LogP contribution is 2.20. The molecule has 1 fully saturated rings. The van der Waals surface area contributed by atoms with E-state index in [2.05, 4.69) is 21.3 Å². The third-order valence-corrected chi connectivity index (χ3v) is 5.18. The molecule has 5 nitrogen and oxygen atoms in total. The van der Waals surface area contributed by atoms with Gasteiger partial charge in [0.1, 0.15) is 0 Å². The number of carbonyl (C=O) groups is 1. The van der Waals surface area contributed by atoms with Crippen LogP contribution in [0.2, 0.25) is 0 Å². The number of hydrogen-bond donors (Lipinski definition) is 2. The van der Waals surface area contributed by atoms with E-state index in [1.807, 2.05) is 55.6 Å². The Morgan fingerprint density at radius 1 is 1.10 bits per heavy atom. The van der Waals surface area contributed by atoms with E-state index in [9.17, 15) is 4.79 Å². The lowest BCUT2D eigenvalue weighted by Gasteiger charge is -2.33. The second-order valence-electron chi connectivity index (χ2n) is 7.11. The second kappa shape index (κ2) is 13.8. The van der Waals surface area contributed by atoms with Gasteiger partial charge in [0.15, 0.2) is 0 Å². The molecule has 1 aliphatic rings. The topological polar surface area (TPSA) is 71.2 Å². The van der Waals surface area contributed by atoms with Gasteiger partial charge in [-0.15, -0.1) is 37.2 Å². The summed E-state index contributed by atoms with van der Waals surface area (Å²) in [7, 11) is 0. The molecule has 2 atom stereocenters. The Morgan fingerprint density at radius 2 is 1.72 bits per heavy atom. The van der Waals surface area contributed by atoms with Crippen LogP contribution < -0.4 is 11.1 Å². The number of rotatable bonds is 6. The molecule has 0 aliphatic carbocycles. The number of halogens is 3. The van der Waals surface area contributed by atoms with Crippen LogP contribution in [0.1, 0.15) is 37.1 Å². The van der Waals surface area contributed by atoms with E-state index < -0.39 is 0 Å². The molecule has 0 radical (unpaired) electrons. The molecular weight excluding hydrogens is 431 g/mol. The highest BCUT2D eigenvalue weighted by molar-refractivity contribution is 5.86. The Morgan fingerprint density at radius 3 is 2.31 bits per heavy atom. The summed E-state index contributed by atoms with van der Waals surface area (Å²) < 4.78 is 0. The van der Waals surface area contributed by atoms with E-state index in [0.717, 1.165) is 43.7 Å². The van der Waals surface area contributed by atoms with Gasteiger partial charge in [-0.05, 0) is 30.5 Å². The lowest BCUT2D eigenvalue weighted by Crippen LogP contribution is -2.47. The molecule has 162 valence electrons.